The molecule has 0 saturated heterocycles. The van der Waals surface area contributed by atoms with E-state index in [0.29, 0.717) is 6.54 Å². The lowest BCUT2D eigenvalue weighted by molar-refractivity contribution is 0.286. The predicted octanol–water partition coefficient (Wildman–Crippen LogP) is 1.47. The molecule has 1 atom stereocenters. The Morgan fingerprint density at radius 2 is 2.31 bits per heavy atom. The summed E-state index contributed by atoms with van der Waals surface area (Å²) in [5.41, 5.74) is 0.897. The van der Waals surface area contributed by atoms with Gasteiger partial charge in [0.15, 0.2) is 0 Å². The largest absolute Gasteiger partial charge is 0.395 e. The van der Waals surface area contributed by atoms with E-state index in [1.807, 2.05) is 13.0 Å². The smallest absolute Gasteiger partial charge is 0.123 e. The van der Waals surface area contributed by atoms with E-state index in [1.165, 1.54) is 12.1 Å². The predicted molar refractivity (Wildman–Crippen MR) is 49.9 cm³/mol. The van der Waals surface area contributed by atoms with Crippen LogP contribution in [0.2, 0.25) is 0 Å². The Kier molecular flexibility index (Phi) is 3.86. The molecule has 2 N–H and O–H groups in total. The van der Waals surface area contributed by atoms with Crippen molar-refractivity contribution in [2.24, 2.45) is 0 Å². The second-order valence-corrected chi connectivity index (χ2v) is 2.95. The summed E-state index contributed by atoms with van der Waals surface area (Å²) in [5.74, 6) is -0.227. The van der Waals surface area contributed by atoms with Crippen LogP contribution in [0.15, 0.2) is 24.3 Å². The van der Waals surface area contributed by atoms with Crippen molar-refractivity contribution >= 4 is 0 Å². The molecule has 0 saturated carbocycles. The first-order chi connectivity index (χ1) is 6.24. The highest BCUT2D eigenvalue weighted by atomic mass is 19.1. The Balaban J connectivity index is 2.60. The summed E-state index contributed by atoms with van der Waals surface area (Å²) in [6.45, 7) is 2.56. The van der Waals surface area contributed by atoms with Gasteiger partial charge < -0.3 is 10.4 Å². The lowest BCUT2D eigenvalue weighted by atomic mass is 10.1. The number of hydrogen-bond acceptors (Lipinski definition) is 2. The third kappa shape index (κ3) is 3.13. The van der Waals surface area contributed by atoms with Gasteiger partial charge in [-0.25, -0.2) is 4.39 Å². The van der Waals surface area contributed by atoms with Crippen molar-refractivity contribution in [3.63, 3.8) is 0 Å². The molecule has 0 aliphatic carbocycles. The minimum Gasteiger partial charge on any atom is -0.395 e. The highest BCUT2D eigenvalue weighted by Gasteiger charge is 2.03. The monoisotopic (exact) mass is 183 g/mol. The summed E-state index contributed by atoms with van der Waals surface area (Å²) in [6.07, 6.45) is 0. The van der Waals surface area contributed by atoms with E-state index in [2.05, 4.69) is 5.32 Å². The number of nitrogens with one attached hydrogen (secondary N) is 1. The molecule has 0 heterocycles. The summed E-state index contributed by atoms with van der Waals surface area (Å²) < 4.78 is 12.8. The molecule has 72 valence electrons. The number of rotatable bonds is 4. The Hall–Kier alpha value is -0.930. The van der Waals surface area contributed by atoms with Gasteiger partial charge in [0.25, 0.3) is 0 Å². The molecule has 0 amide bonds. The van der Waals surface area contributed by atoms with Gasteiger partial charge >= 0.3 is 0 Å². The Morgan fingerprint density at radius 1 is 1.54 bits per heavy atom. The van der Waals surface area contributed by atoms with Crippen LogP contribution in [0.5, 0.6) is 0 Å². The third-order valence-electron chi connectivity index (χ3n) is 1.91. The Morgan fingerprint density at radius 3 is 2.92 bits per heavy atom. The van der Waals surface area contributed by atoms with Crippen molar-refractivity contribution in [1.29, 1.82) is 0 Å². The maximum Gasteiger partial charge on any atom is 0.123 e. The topological polar surface area (TPSA) is 32.3 Å². The van der Waals surface area contributed by atoms with Gasteiger partial charge in [-0.05, 0) is 24.6 Å². The van der Waals surface area contributed by atoms with Crippen molar-refractivity contribution in [3.8, 4) is 0 Å². The molecule has 13 heavy (non-hydrogen) atoms. The van der Waals surface area contributed by atoms with Crippen LogP contribution >= 0.6 is 0 Å². The standard InChI is InChI=1S/C10H14FNO/c1-8(12-5-6-13)9-3-2-4-10(11)7-9/h2-4,7-8,12-13H,5-6H2,1H3/t8-/m1/s1. The van der Waals surface area contributed by atoms with Crippen LogP contribution in [0, 0.1) is 5.82 Å². The summed E-state index contributed by atoms with van der Waals surface area (Å²) in [5, 5.41) is 11.6. The van der Waals surface area contributed by atoms with Crippen LogP contribution in [0.4, 0.5) is 4.39 Å². The summed E-state index contributed by atoms with van der Waals surface area (Å²) in [4.78, 5) is 0. The van der Waals surface area contributed by atoms with E-state index < -0.39 is 0 Å². The molecule has 0 spiro atoms. The van der Waals surface area contributed by atoms with Gasteiger partial charge in [0.05, 0.1) is 6.61 Å². The first-order valence-electron chi connectivity index (χ1n) is 4.33. The van der Waals surface area contributed by atoms with Gasteiger partial charge in [-0.1, -0.05) is 12.1 Å². The molecule has 1 aromatic rings. The van der Waals surface area contributed by atoms with Gasteiger partial charge in [-0.3, -0.25) is 0 Å². The maximum atomic E-state index is 12.8. The normalized spacial score (nSPS) is 12.8. The zero-order chi connectivity index (χ0) is 9.68. The second kappa shape index (κ2) is 4.94. The van der Waals surface area contributed by atoms with Crippen molar-refractivity contribution < 1.29 is 9.50 Å². The van der Waals surface area contributed by atoms with Gasteiger partial charge in [0.2, 0.25) is 0 Å². The first-order valence-corrected chi connectivity index (χ1v) is 4.33. The van der Waals surface area contributed by atoms with E-state index in [0.717, 1.165) is 5.56 Å². The molecule has 3 heteroatoms. The quantitative estimate of drug-likeness (QED) is 0.740. The van der Waals surface area contributed by atoms with E-state index >= 15 is 0 Å². The van der Waals surface area contributed by atoms with Crippen LogP contribution in [0.3, 0.4) is 0 Å². The first kappa shape index (κ1) is 10.2. The summed E-state index contributed by atoms with van der Waals surface area (Å²) >= 11 is 0. The molecule has 1 rings (SSSR count). The maximum absolute atomic E-state index is 12.8. The molecule has 0 aliphatic rings. The van der Waals surface area contributed by atoms with Crippen LogP contribution in [-0.4, -0.2) is 18.3 Å². The van der Waals surface area contributed by atoms with Gasteiger partial charge in [-0.15, -0.1) is 0 Å². The summed E-state index contributed by atoms with van der Waals surface area (Å²) in [6, 6.07) is 6.53. The zero-order valence-electron chi connectivity index (χ0n) is 7.63. The molecule has 0 fully saturated rings. The fraction of sp³-hybridized carbons (Fsp3) is 0.400. The van der Waals surface area contributed by atoms with Crippen LogP contribution in [0.25, 0.3) is 0 Å². The molecule has 0 bridgehead atoms. The number of aliphatic hydroxyl groups is 1. The average Bonchev–Trinajstić information content (AvgIpc) is 2.14. The minimum absolute atomic E-state index is 0.0721. The summed E-state index contributed by atoms with van der Waals surface area (Å²) in [7, 11) is 0. The lowest BCUT2D eigenvalue weighted by Crippen LogP contribution is -2.22. The lowest BCUT2D eigenvalue weighted by Gasteiger charge is -2.12. The highest BCUT2D eigenvalue weighted by Crippen LogP contribution is 2.12. The number of aliphatic hydroxyl groups excluding tert-OH is 1. The molecule has 0 aliphatic heterocycles. The number of hydrogen-bond donors (Lipinski definition) is 2. The van der Waals surface area contributed by atoms with Crippen molar-refractivity contribution in [2.75, 3.05) is 13.2 Å². The molecule has 0 unspecified atom stereocenters. The minimum atomic E-state index is -0.227. The van der Waals surface area contributed by atoms with Gasteiger partial charge in [-0.2, -0.15) is 0 Å². The van der Waals surface area contributed by atoms with E-state index in [-0.39, 0.29) is 18.5 Å². The van der Waals surface area contributed by atoms with Gasteiger partial charge in [0.1, 0.15) is 5.82 Å². The number of halogens is 1. The zero-order valence-corrected chi connectivity index (χ0v) is 7.63. The molecule has 0 aromatic heterocycles. The van der Waals surface area contributed by atoms with Gasteiger partial charge in [0, 0.05) is 12.6 Å². The highest BCUT2D eigenvalue weighted by molar-refractivity contribution is 5.19. The van der Waals surface area contributed by atoms with E-state index in [9.17, 15) is 4.39 Å². The van der Waals surface area contributed by atoms with E-state index in [1.54, 1.807) is 6.07 Å². The third-order valence-corrected chi connectivity index (χ3v) is 1.91. The molecular formula is C10H14FNO. The fourth-order valence-corrected chi connectivity index (χ4v) is 1.17. The Bertz CT molecular complexity index is 265. The van der Waals surface area contributed by atoms with Crippen molar-refractivity contribution in [3.05, 3.63) is 35.6 Å². The van der Waals surface area contributed by atoms with Crippen molar-refractivity contribution in [1.82, 2.24) is 5.32 Å². The molecule has 1 aromatic carbocycles. The van der Waals surface area contributed by atoms with Crippen LogP contribution in [0.1, 0.15) is 18.5 Å². The average molecular weight is 183 g/mol. The van der Waals surface area contributed by atoms with Crippen molar-refractivity contribution in [2.45, 2.75) is 13.0 Å². The molecular weight excluding hydrogens is 169 g/mol. The number of benzene rings is 1. The van der Waals surface area contributed by atoms with Crippen LogP contribution in [-0.2, 0) is 0 Å². The second-order valence-electron chi connectivity index (χ2n) is 2.95. The molecule has 2 nitrogen and oxygen atoms in total. The SMILES string of the molecule is C[C@@H](NCCO)c1cccc(F)c1. The van der Waals surface area contributed by atoms with Crippen LogP contribution < -0.4 is 5.32 Å². The molecule has 0 radical (unpaired) electrons. The van der Waals surface area contributed by atoms with E-state index in [4.69, 9.17) is 5.11 Å². The Labute approximate surface area is 77.4 Å². The fourth-order valence-electron chi connectivity index (χ4n) is 1.17.